The van der Waals surface area contributed by atoms with Crippen LogP contribution in [0.2, 0.25) is 0 Å². The van der Waals surface area contributed by atoms with Crippen molar-refractivity contribution < 1.29 is 4.79 Å². The van der Waals surface area contributed by atoms with Crippen molar-refractivity contribution in [2.24, 2.45) is 11.8 Å². The molecule has 172 valence electrons. The van der Waals surface area contributed by atoms with Crippen LogP contribution in [0.5, 0.6) is 0 Å². The Labute approximate surface area is 196 Å². The molecule has 0 saturated heterocycles. The monoisotopic (exact) mass is 430 g/mol. The SMILES string of the molecule is Cc1ccc(C)c([C@H](CC(=O)C[C@@H](c2cc(C)ccc2C)C2CCCC2)C2CCCC2)c1. The zero-order chi connectivity index (χ0) is 22.7. The third kappa shape index (κ3) is 5.36. The van der Waals surface area contributed by atoms with E-state index in [2.05, 4.69) is 64.1 Å². The molecule has 1 heteroatoms. The Kier molecular flexibility index (Phi) is 7.54. The summed E-state index contributed by atoms with van der Waals surface area (Å²) in [5.74, 6) is 2.62. The van der Waals surface area contributed by atoms with Crippen molar-refractivity contribution in [2.75, 3.05) is 0 Å². The Morgan fingerprint density at radius 1 is 0.688 bits per heavy atom. The predicted octanol–water partition coefficient (Wildman–Crippen LogP) is 8.52. The average Bonchev–Trinajstić information content (AvgIpc) is 3.48. The number of benzene rings is 2. The number of ketones is 1. The molecule has 0 amide bonds. The Hall–Kier alpha value is -1.89. The molecule has 2 saturated carbocycles. The van der Waals surface area contributed by atoms with Gasteiger partial charge < -0.3 is 0 Å². The maximum absolute atomic E-state index is 13.7. The number of carbonyl (C=O) groups is 1. The van der Waals surface area contributed by atoms with Gasteiger partial charge in [0.2, 0.25) is 0 Å². The Morgan fingerprint density at radius 2 is 1.06 bits per heavy atom. The quantitative estimate of drug-likeness (QED) is 0.410. The summed E-state index contributed by atoms with van der Waals surface area (Å²) in [7, 11) is 0. The zero-order valence-corrected chi connectivity index (χ0v) is 20.8. The van der Waals surface area contributed by atoms with Gasteiger partial charge >= 0.3 is 0 Å². The lowest BCUT2D eigenvalue weighted by Crippen LogP contribution is -2.20. The van der Waals surface area contributed by atoms with Crippen LogP contribution in [0.15, 0.2) is 36.4 Å². The van der Waals surface area contributed by atoms with Crippen molar-refractivity contribution >= 4 is 5.78 Å². The molecule has 2 atom stereocenters. The fraction of sp³-hybridized carbons (Fsp3) is 0.581. The molecule has 0 spiro atoms. The van der Waals surface area contributed by atoms with Crippen LogP contribution >= 0.6 is 0 Å². The van der Waals surface area contributed by atoms with E-state index in [9.17, 15) is 4.79 Å². The van der Waals surface area contributed by atoms with Crippen LogP contribution in [-0.4, -0.2) is 5.78 Å². The summed E-state index contributed by atoms with van der Waals surface area (Å²) in [6.45, 7) is 8.84. The summed E-state index contributed by atoms with van der Waals surface area (Å²) >= 11 is 0. The van der Waals surface area contributed by atoms with Crippen LogP contribution < -0.4 is 0 Å². The van der Waals surface area contributed by atoms with Crippen molar-refractivity contribution in [3.63, 3.8) is 0 Å². The molecule has 4 rings (SSSR count). The highest BCUT2D eigenvalue weighted by Gasteiger charge is 2.33. The van der Waals surface area contributed by atoms with E-state index in [0.29, 0.717) is 29.5 Å². The maximum atomic E-state index is 13.7. The minimum absolute atomic E-state index is 0.396. The van der Waals surface area contributed by atoms with Gasteiger partial charge in [-0.25, -0.2) is 0 Å². The van der Waals surface area contributed by atoms with Gasteiger partial charge in [-0.3, -0.25) is 4.79 Å². The molecule has 32 heavy (non-hydrogen) atoms. The van der Waals surface area contributed by atoms with Crippen molar-refractivity contribution in [1.29, 1.82) is 0 Å². The normalized spacial score (nSPS) is 19.4. The van der Waals surface area contributed by atoms with Crippen molar-refractivity contribution in [1.82, 2.24) is 0 Å². The summed E-state index contributed by atoms with van der Waals surface area (Å²) in [5.41, 5.74) is 8.24. The van der Waals surface area contributed by atoms with Crippen LogP contribution in [-0.2, 0) is 4.79 Å². The van der Waals surface area contributed by atoms with E-state index in [1.165, 1.54) is 84.7 Å². The standard InChI is InChI=1S/C31H42O/c1-21-13-15-23(3)28(17-21)30(25-9-5-6-10-25)19-27(32)20-31(26-11-7-8-12-26)29-18-22(2)14-16-24(29)4/h13-18,25-26,30-31H,5-12,19-20H2,1-4H3/t30-,31-/m1/s1. The van der Waals surface area contributed by atoms with Gasteiger partial charge in [-0.15, -0.1) is 0 Å². The van der Waals surface area contributed by atoms with E-state index in [1.54, 1.807) is 0 Å². The first-order valence-electron chi connectivity index (χ1n) is 13.1. The summed E-state index contributed by atoms with van der Waals surface area (Å²) in [4.78, 5) is 13.7. The van der Waals surface area contributed by atoms with Gasteiger partial charge in [0.1, 0.15) is 5.78 Å². The zero-order valence-electron chi connectivity index (χ0n) is 20.8. The van der Waals surface area contributed by atoms with E-state index in [4.69, 9.17) is 0 Å². The first-order valence-corrected chi connectivity index (χ1v) is 13.1. The van der Waals surface area contributed by atoms with Gasteiger partial charge in [0.05, 0.1) is 0 Å². The minimum Gasteiger partial charge on any atom is -0.300 e. The first-order chi connectivity index (χ1) is 15.4. The van der Waals surface area contributed by atoms with Crippen LogP contribution in [0.4, 0.5) is 0 Å². The van der Waals surface area contributed by atoms with Gasteiger partial charge in [0.15, 0.2) is 0 Å². The molecule has 1 nitrogen and oxygen atoms in total. The molecule has 2 aromatic carbocycles. The van der Waals surface area contributed by atoms with Crippen molar-refractivity contribution in [2.45, 2.75) is 104 Å². The van der Waals surface area contributed by atoms with Crippen LogP contribution in [0.3, 0.4) is 0 Å². The smallest absolute Gasteiger partial charge is 0.134 e. The largest absolute Gasteiger partial charge is 0.300 e. The third-order valence-corrected chi connectivity index (χ3v) is 8.50. The van der Waals surface area contributed by atoms with Crippen LogP contribution in [0.25, 0.3) is 0 Å². The summed E-state index contributed by atoms with van der Waals surface area (Å²) < 4.78 is 0. The summed E-state index contributed by atoms with van der Waals surface area (Å²) in [6, 6.07) is 13.7. The topological polar surface area (TPSA) is 17.1 Å². The number of hydrogen-bond acceptors (Lipinski definition) is 1. The molecular weight excluding hydrogens is 388 g/mol. The Bertz CT molecular complexity index is 852. The Balaban J connectivity index is 1.58. The highest BCUT2D eigenvalue weighted by atomic mass is 16.1. The molecule has 0 unspecified atom stereocenters. The fourth-order valence-electron chi connectivity index (χ4n) is 6.67. The number of aryl methyl sites for hydroxylation is 4. The van der Waals surface area contributed by atoms with Crippen molar-refractivity contribution in [3.05, 3.63) is 69.8 Å². The number of carbonyl (C=O) groups excluding carboxylic acids is 1. The molecule has 0 heterocycles. The lowest BCUT2D eigenvalue weighted by molar-refractivity contribution is -0.120. The van der Waals surface area contributed by atoms with E-state index < -0.39 is 0 Å². The van der Waals surface area contributed by atoms with Crippen LogP contribution in [0.1, 0.15) is 109 Å². The fourth-order valence-corrected chi connectivity index (χ4v) is 6.67. The second-order valence-electron chi connectivity index (χ2n) is 11.0. The highest BCUT2D eigenvalue weighted by Crippen LogP contribution is 2.44. The number of rotatable bonds is 8. The number of Topliss-reactive ketones (excluding diaryl/α,β-unsaturated/α-hetero) is 1. The molecule has 0 bridgehead atoms. The van der Waals surface area contributed by atoms with E-state index in [1.807, 2.05) is 0 Å². The molecule has 0 aromatic heterocycles. The highest BCUT2D eigenvalue weighted by molar-refractivity contribution is 5.80. The minimum atomic E-state index is 0.396. The molecule has 2 aromatic rings. The predicted molar refractivity (Wildman–Crippen MR) is 135 cm³/mol. The van der Waals surface area contributed by atoms with E-state index in [0.717, 1.165) is 12.8 Å². The summed E-state index contributed by atoms with van der Waals surface area (Å²) in [6.07, 6.45) is 11.9. The molecule has 2 aliphatic rings. The second-order valence-corrected chi connectivity index (χ2v) is 11.0. The van der Waals surface area contributed by atoms with E-state index in [-0.39, 0.29) is 0 Å². The lowest BCUT2D eigenvalue weighted by atomic mass is 9.75. The number of hydrogen-bond donors (Lipinski definition) is 0. The van der Waals surface area contributed by atoms with E-state index >= 15 is 0 Å². The lowest BCUT2D eigenvalue weighted by Gasteiger charge is -2.29. The maximum Gasteiger partial charge on any atom is 0.134 e. The second kappa shape index (κ2) is 10.4. The van der Waals surface area contributed by atoms with Gasteiger partial charge in [0, 0.05) is 12.8 Å². The Morgan fingerprint density at radius 3 is 1.44 bits per heavy atom. The van der Waals surface area contributed by atoms with Gasteiger partial charge in [0.25, 0.3) is 0 Å². The molecule has 0 N–H and O–H groups in total. The molecule has 0 aliphatic heterocycles. The average molecular weight is 431 g/mol. The summed E-state index contributed by atoms with van der Waals surface area (Å²) in [5, 5.41) is 0. The molecule has 2 fully saturated rings. The molecule has 2 aliphatic carbocycles. The first kappa shape index (κ1) is 23.3. The van der Waals surface area contributed by atoms with Crippen LogP contribution in [0, 0.1) is 39.5 Å². The van der Waals surface area contributed by atoms with Gasteiger partial charge in [-0.2, -0.15) is 0 Å². The van der Waals surface area contributed by atoms with Gasteiger partial charge in [-0.1, -0.05) is 73.2 Å². The van der Waals surface area contributed by atoms with Crippen molar-refractivity contribution in [3.8, 4) is 0 Å². The third-order valence-electron chi connectivity index (χ3n) is 8.50. The van der Waals surface area contributed by atoms with Gasteiger partial charge in [-0.05, 0) is 99.3 Å². The molecular formula is C31H42O. The molecule has 0 radical (unpaired) electrons.